The molecule has 0 aliphatic carbocycles. The molecular formula is C16H20ClN3O3S. The van der Waals surface area contributed by atoms with E-state index in [1.54, 1.807) is 23.1 Å². The first-order chi connectivity index (χ1) is 11.3. The molecule has 0 bridgehead atoms. The number of carbonyl (C=O) groups excluding carboxylic acids is 2. The van der Waals surface area contributed by atoms with E-state index < -0.39 is 15.5 Å². The molecule has 2 saturated heterocycles. The van der Waals surface area contributed by atoms with Gasteiger partial charge in [0.1, 0.15) is 0 Å². The van der Waals surface area contributed by atoms with Gasteiger partial charge in [-0.1, -0.05) is 11.6 Å². The standard InChI is InChI=1S/C16H20ClN3O3S/c1-16(2)10-19(7-8-24(16)23)14(21)11-3-4-12(17)13(9-11)20-6-5-18-15(20)22/h3-4,9H,5-8,10H2,1-2H3,(H,18,22). The van der Waals surface area contributed by atoms with Gasteiger partial charge in [0.05, 0.1) is 15.5 Å². The van der Waals surface area contributed by atoms with E-state index >= 15 is 0 Å². The highest BCUT2D eigenvalue weighted by atomic mass is 35.5. The highest BCUT2D eigenvalue weighted by Gasteiger charge is 2.35. The summed E-state index contributed by atoms with van der Waals surface area (Å²) in [7, 11) is -0.935. The molecule has 3 rings (SSSR count). The SMILES string of the molecule is CC1(C)CN(C(=O)c2ccc(Cl)c(N3CCNC3=O)c2)CCS1=O. The molecular weight excluding hydrogens is 350 g/mol. The summed E-state index contributed by atoms with van der Waals surface area (Å²) in [6, 6.07) is 4.76. The summed E-state index contributed by atoms with van der Waals surface area (Å²) in [5, 5.41) is 3.16. The van der Waals surface area contributed by atoms with Crippen molar-refractivity contribution in [1.29, 1.82) is 0 Å². The minimum Gasteiger partial charge on any atom is -0.336 e. The third-order valence-corrected chi connectivity index (χ3v) is 6.60. The van der Waals surface area contributed by atoms with Gasteiger partial charge in [-0.25, -0.2) is 4.79 Å². The van der Waals surface area contributed by atoms with Gasteiger partial charge in [0, 0.05) is 48.3 Å². The van der Waals surface area contributed by atoms with Crippen molar-refractivity contribution in [3.63, 3.8) is 0 Å². The van der Waals surface area contributed by atoms with E-state index in [2.05, 4.69) is 5.32 Å². The van der Waals surface area contributed by atoms with Crippen molar-refractivity contribution in [3.05, 3.63) is 28.8 Å². The molecule has 2 heterocycles. The van der Waals surface area contributed by atoms with Crippen LogP contribution in [0.2, 0.25) is 5.02 Å². The Morgan fingerprint density at radius 3 is 2.71 bits per heavy atom. The summed E-state index contributed by atoms with van der Waals surface area (Å²) in [5.74, 6) is 0.352. The Bertz CT molecular complexity index is 723. The van der Waals surface area contributed by atoms with E-state index in [0.29, 0.717) is 48.2 Å². The van der Waals surface area contributed by atoms with Crippen molar-refractivity contribution >= 4 is 40.0 Å². The van der Waals surface area contributed by atoms with E-state index in [9.17, 15) is 13.8 Å². The fraction of sp³-hybridized carbons (Fsp3) is 0.500. The summed E-state index contributed by atoms with van der Waals surface area (Å²) < 4.78 is 11.6. The number of nitrogens with zero attached hydrogens (tertiary/aromatic N) is 2. The van der Waals surface area contributed by atoms with Gasteiger partial charge in [-0.3, -0.25) is 13.9 Å². The molecule has 130 valence electrons. The maximum atomic E-state index is 12.8. The molecule has 6 nitrogen and oxygen atoms in total. The average Bonchev–Trinajstić information content (AvgIpc) is 2.96. The van der Waals surface area contributed by atoms with Crippen molar-refractivity contribution in [2.24, 2.45) is 0 Å². The van der Waals surface area contributed by atoms with E-state index in [4.69, 9.17) is 11.6 Å². The van der Waals surface area contributed by atoms with Gasteiger partial charge in [0.25, 0.3) is 5.91 Å². The van der Waals surface area contributed by atoms with Crippen LogP contribution in [0.5, 0.6) is 0 Å². The second-order valence-corrected chi connectivity index (χ2v) is 9.20. The van der Waals surface area contributed by atoms with Gasteiger partial charge in [-0.2, -0.15) is 0 Å². The zero-order valence-electron chi connectivity index (χ0n) is 13.7. The molecule has 1 unspecified atom stereocenters. The second-order valence-electron chi connectivity index (χ2n) is 6.59. The molecule has 0 spiro atoms. The van der Waals surface area contributed by atoms with Crippen LogP contribution >= 0.6 is 11.6 Å². The molecule has 2 aliphatic rings. The molecule has 24 heavy (non-hydrogen) atoms. The number of carbonyl (C=O) groups is 2. The van der Waals surface area contributed by atoms with E-state index in [1.165, 1.54) is 4.90 Å². The van der Waals surface area contributed by atoms with E-state index in [0.717, 1.165) is 0 Å². The number of hydrogen-bond donors (Lipinski definition) is 1. The third-order valence-electron chi connectivity index (χ3n) is 4.36. The normalized spacial score (nSPS) is 23.3. The number of amides is 3. The topological polar surface area (TPSA) is 69.7 Å². The van der Waals surface area contributed by atoms with Crippen molar-refractivity contribution < 1.29 is 13.8 Å². The maximum Gasteiger partial charge on any atom is 0.322 e. The van der Waals surface area contributed by atoms with Gasteiger partial charge in [-0.05, 0) is 32.0 Å². The Labute approximate surface area is 148 Å². The Morgan fingerprint density at radius 2 is 2.08 bits per heavy atom. The number of urea groups is 1. The molecule has 1 aromatic carbocycles. The van der Waals surface area contributed by atoms with Crippen molar-refractivity contribution in [2.75, 3.05) is 36.8 Å². The number of anilines is 1. The molecule has 1 atom stereocenters. The number of halogens is 1. The predicted molar refractivity (Wildman–Crippen MR) is 95.2 cm³/mol. The molecule has 0 radical (unpaired) electrons. The largest absolute Gasteiger partial charge is 0.336 e. The van der Waals surface area contributed by atoms with Crippen LogP contribution in [0.3, 0.4) is 0 Å². The molecule has 0 saturated carbocycles. The van der Waals surface area contributed by atoms with Gasteiger partial charge in [-0.15, -0.1) is 0 Å². The van der Waals surface area contributed by atoms with E-state index in [-0.39, 0.29) is 11.9 Å². The molecule has 0 aromatic heterocycles. The fourth-order valence-electron chi connectivity index (χ4n) is 2.99. The number of benzene rings is 1. The lowest BCUT2D eigenvalue weighted by Crippen LogP contribution is -2.52. The maximum absolute atomic E-state index is 12.8. The van der Waals surface area contributed by atoms with Crippen LogP contribution in [0.15, 0.2) is 18.2 Å². The summed E-state index contributed by atoms with van der Waals surface area (Å²) in [5.41, 5.74) is 1.02. The lowest BCUT2D eigenvalue weighted by Gasteiger charge is -2.37. The third kappa shape index (κ3) is 3.15. The lowest BCUT2D eigenvalue weighted by atomic mass is 10.1. The summed E-state index contributed by atoms with van der Waals surface area (Å²) in [6.07, 6.45) is 0. The summed E-state index contributed by atoms with van der Waals surface area (Å²) in [6.45, 7) is 5.80. The molecule has 1 aromatic rings. The minimum absolute atomic E-state index is 0.128. The van der Waals surface area contributed by atoms with Crippen LogP contribution in [0, 0.1) is 0 Å². The predicted octanol–water partition coefficient (Wildman–Crippen LogP) is 1.85. The van der Waals surface area contributed by atoms with Crippen molar-refractivity contribution in [2.45, 2.75) is 18.6 Å². The molecule has 3 amide bonds. The van der Waals surface area contributed by atoms with Gasteiger partial charge >= 0.3 is 6.03 Å². The average molecular weight is 370 g/mol. The van der Waals surface area contributed by atoms with Crippen LogP contribution in [-0.2, 0) is 10.8 Å². The zero-order chi connectivity index (χ0) is 17.5. The van der Waals surface area contributed by atoms with Gasteiger partial charge in [0.2, 0.25) is 0 Å². The zero-order valence-corrected chi connectivity index (χ0v) is 15.2. The Balaban J connectivity index is 1.86. The molecule has 2 fully saturated rings. The Kier molecular flexibility index (Phi) is 4.57. The minimum atomic E-state index is -0.935. The Hall–Kier alpha value is -1.60. The van der Waals surface area contributed by atoms with Crippen LogP contribution in [0.4, 0.5) is 10.5 Å². The lowest BCUT2D eigenvalue weighted by molar-refractivity contribution is 0.0746. The number of nitrogens with one attached hydrogen (secondary N) is 1. The van der Waals surface area contributed by atoms with E-state index in [1.807, 2.05) is 13.8 Å². The number of rotatable bonds is 2. The Morgan fingerprint density at radius 1 is 1.33 bits per heavy atom. The van der Waals surface area contributed by atoms with Crippen molar-refractivity contribution in [1.82, 2.24) is 10.2 Å². The summed E-state index contributed by atoms with van der Waals surface area (Å²) >= 11 is 6.21. The van der Waals surface area contributed by atoms with Gasteiger partial charge < -0.3 is 10.2 Å². The molecule has 8 heteroatoms. The smallest absolute Gasteiger partial charge is 0.322 e. The summed E-state index contributed by atoms with van der Waals surface area (Å²) in [4.78, 5) is 27.9. The van der Waals surface area contributed by atoms with Gasteiger partial charge in [0.15, 0.2) is 0 Å². The number of hydrogen-bond acceptors (Lipinski definition) is 3. The fourth-order valence-corrected chi connectivity index (χ4v) is 4.45. The first-order valence-electron chi connectivity index (χ1n) is 7.82. The monoisotopic (exact) mass is 369 g/mol. The van der Waals surface area contributed by atoms with Crippen LogP contribution in [-0.4, -0.2) is 57.7 Å². The highest BCUT2D eigenvalue weighted by Crippen LogP contribution is 2.29. The molecule has 1 N–H and O–H groups in total. The van der Waals surface area contributed by atoms with Crippen LogP contribution in [0.25, 0.3) is 0 Å². The second kappa shape index (κ2) is 6.37. The van der Waals surface area contributed by atoms with Crippen molar-refractivity contribution in [3.8, 4) is 0 Å². The van der Waals surface area contributed by atoms with Crippen LogP contribution in [0.1, 0.15) is 24.2 Å². The van der Waals surface area contributed by atoms with Crippen LogP contribution < -0.4 is 10.2 Å². The molecule has 2 aliphatic heterocycles. The quantitative estimate of drug-likeness (QED) is 0.865. The first kappa shape index (κ1) is 17.2. The highest BCUT2D eigenvalue weighted by molar-refractivity contribution is 7.86. The first-order valence-corrected chi connectivity index (χ1v) is 9.52.